The summed E-state index contributed by atoms with van der Waals surface area (Å²) in [5.74, 6) is 0.627. The number of nitrogens with one attached hydrogen (secondary N) is 2. The van der Waals surface area contributed by atoms with Gasteiger partial charge in [-0.05, 0) is 57.0 Å². The van der Waals surface area contributed by atoms with Crippen LogP contribution in [0.1, 0.15) is 32.3 Å². The van der Waals surface area contributed by atoms with E-state index in [2.05, 4.69) is 26.6 Å². The Bertz CT molecular complexity index is 442. The molecule has 1 fully saturated rings. The van der Waals surface area contributed by atoms with Crippen LogP contribution in [0.4, 0.5) is 0 Å². The van der Waals surface area contributed by atoms with E-state index in [1.54, 1.807) is 0 Å². The van der Waals surface area contributed by atoms with E-state index in [0.717, 1.165) is 29.5 Å². The molecule has 0 saturated carbocycles. The fourth-order valence-electron chi connectivity index (χ4n) is 2.49. The average Bonchev–Trinajstić information content (AvgIpc) is 2.81. The smallest absolute Gasteiger partial charge is 0.220 e. The minimum atomic E-state index is -0.330. The molecule has 0 aliphatic carbocycles. The van der Waals surface area contributed by atoms with Crippen LogP contribution in [-0.2, 0) is 10.3 Å². The van der Waals surface area contributed by atoms with Crippen molar-refractivity contribution in [2.75, 3.05) is 13.1 Å². The second kappa shape index (κ2) is 7.43. The van der Waals surface area contributed by atoms with Gasteiger partial charge in [-0.25, -0.2) is 0 Å². The molecule has 1 amide bonds. The van der Waals surface area contributed by atoms with Crippen molar-refractivity contribution in [1.29, 1.82) is 0 Å². The molecular formula is C15H22BrClN2O. The summed E-state index contributed by atoms with van der Waals surface area (Å²) >= 11 is 3.43. The standard InChI is InChI=1S/C15H21BrN2O.ClH/c1-15(2,12-3-5-13(16)6-4-12)18-14(19)9-11-7-8-17-10-11;/h3-6,11,17H,7-10H2,1-2H3,(H,18,19);1H. The molecule has 0 spiro atoms. The molecule has 0 radical (unpaired) electrons. The fraction of sp³-hybridized carbons (Fsp3) is 0.533. The van der Waals surface area contributed by atoms with Crippen LogP contribution in [0.15, 0.2) is 28.7 Å². The lowest BCUT2D eigenvalue weighted by molar-refractivity contribution is -0.123. The summed E-state index contributed by atoms with van der Waals surface area (Å²) < 4.78 is 1.05. The van der Waals surface area contributed by atoms with Crippen LogP contribution in [0.5, 0.6) is 0 Å². The van der Waals surface area contributed by atoms with Gasteiger partial charge < -0.3 is 10.6 Å². The minimum Gasteiger partial charge on any atom is -0.347 e. The molecular weight excluding hydrogens is 340 g/mol. The van der Waals surface area contributed by atoms with Crippen molar-refractivity contribution in [2.24, 2.45) is 5.92 Å². The number of carbonyl (C=O) groups is 1. The summed E-state index contributed by atoms with van der Waals surface area (Å²) in [6.45, 7) is 6.09. The summed E-state index contributed by atoms with van der Waals surface area (Å²) in [4.78, 5) is 12.1. The van der Waals surface area contributed by atoms with E-state index < -0.39 is 0 Å². The van der Waals surface area contributed by atoms with Gasteiger partial charge in [-0.3, -0.25) is 4.79 Å². The van der Waals surface area contributed by atoms with Crippen molar-refractivity contribution in [3.8, 4) is 0 Å². The molecule has 5 heteroatoms. The molecule has 1 aromatic rings. The summed E-state index contributed by atoms with van der Waals surface area (Å²) in [6.07, 6.45) is 1.72. The highest BCUT2D eigenvalue weighted by atomic mass is 79.9. The topological polar surface area (TPSA) is 41.1 Å². The lowest BCUT2D eigenvalue weighted by atomic mass is 9.93. The molecule has 1 aliphatic rings. The Balaban J connectivity index is 0.00000200. The van der Waals surface area contributed by atoms with Crippen molar-refractivity contribution in [3.05, 3.63) is 34.3 Å². The molecule has 1 aliphatic heterocycles. The van der Waals surface area contributed by atoms with Gasteiger partial charge in [-0.1, -0.05) is 28.1 Å². The van der Waals surface area contributed by atoms with Crippen molar-refractivity contribution in [3.63, 3.8) is 0 Å². The molecule has 0 bridgehead atoms. The molecule has 1 unspecified atom stereocenters. The van der Waals surface area contributed by atoms with Gasteiger partial charge >= 0.3 is 0 Å². The molecule has 1 saturated heterocycles. The highest BCUT2D eigenvalue weighted by Gasteiger charge is 2.25. The molecule has 2 N–H and O–H groups in total. The quantitative estimate of drug-likeness (QED) is 0.864. The van der Waals surface area contributed by atoms with E-state index in [0.29, 0.717) is 12.3 Å². The van der Waals surface area contributed by atoms with Crippen LogP contribution in [0.3, 0.4) is 0 Å². The van der Waals surface area contributed by atoms with Crippen LogP contribution in [0.2, 0.25) is 0 Å². The van der Waals surface area contributed by atoms with E-state index in [4.69, 9.17) is 0 Å². The number of benzene rings is 1. The zero-order valence-corrected chi connectivity index (χ0v) is 14.3. The molecule has 2 rings (SSSR count). The number of amides is 1. The summed E-state index contributed by atoms with van der Waals surface area (Å²) in [5, 5.41) is 6.43. The lowest BCUT2D eigenvalue weighted by Crippen LogP contribution is -2.41. The Morgan fingerprint density at radius 1 is 1.40 bits per heavy atom. The largest absolute Gasteiger partial charge is 0.347 e. The van der Waals surface area contributed by atoms with E-state index in [-0.39, 0.29) is 23.9 Å². The van der Waals surface area contributed by atoms with Crippen LogP contribution in [-0.4, -0.2) is 19.0 Å². The zero-order valence-electron chi connectivity index (χ0n) is 11.9. The minimum absolute atomic E-state index is 0. The third-order valence-corrected chi connectivity index (χ3v) is 4.18. The normalized spacial score (nSPS) is 18.4. The van der Waals surface area contributed by atoms with Gasteiger partial charge in [-0.2, -0.15) is 0 Å². The number of carbonyl (C=O) groups excluding carboxylic acids is 1. The van der Waals surface area contributed by atoms with Crippen LogP contribution in [0, 0.1) is 5.92 Å². The Morgan fingerprint density at radius 2 is 2.05 bits per heavy atom. The Hall–Kier alpha value is -0.580. The molecule has 1 atom stereocenters. The van der Waals surface area contributed by atoms with Gasteiger partial charge in [-0.15, -0.1) is 12.4 Å². The monoisotopic (exact) mass is 360 g/mol. The lowest BCUT2D eigenvalue weighted by Gasteiger charge is -2.27. The third kappa shape index (κ3) is 4.76. The Morgan fingerprint density at radius 3 is 2.60 bits per heavy atom. The summed E-state index contributed by atoms with van der Waals surface area (Å²) in [7, 11) is 0. The maximum absolute atomic E-state index is 12.1. The van der Waals surface area contributed by atoms with Crippen molar-refractivity contribution >= 4 is 34.2 Å². The number of hydrogen-bond acceptors (Lipinski definition) is 2. The van der Waals surface area contributed by atoms with Gasteiger partial charge in [0.2, 0.25) is 5.91 Å². The molecule has 1 aromatic carbocycles. The third-order valence-electron chi connectivity index (χ3n) is 3.65. The zero-order chi connectivity index (χ0) is 13.9. The summed E-state index contributed by atoms with van der Waals surface area (Å²) in [5.41, 5.74) is 0.790. The van der Waals surface area contributed by atoms with Gasteiger partial charge in [0.25, 0.3) is 0 Å². The number of halogens is 2. The van der Waals surface area contributed by atoms with Crippen LogP contribution >= 0.6 is 28.3 Å². The van der Waals surface area contributed by atoms with Crippen LogP contribution in [0.25, 0.3) is 0 Å². The average molecular weight is 362 g/mol. The highest BCUT2D eigenvalue weighted by molar-refractivity contribution is 9.10. The number of hydrogen-bond donors (Lipinski definition) is 2. The fourth-order valence-corrected chi connectivity index (χ4v) is 2.75. The first-order chi connectivity index (χ1) is 8.97. The van der Waals surface area contributed by atoms with Crippen molar-refractivity contribution in [1.82, 2.24) is 10.6 Å². The molecule has 0 aromatic heterocycles. The van der Waals surface area contributed by atoms with Gasteiger partial charge in [0.05, 0.1) is 5.54 Å². The van der Waals surface area contributed by atoms with Gasteiger partial charge in [0.1, 0.15) is 0 Å². The van der Waals surface area contributed by atoms with E-state index in [9.17, 15) is 4.79 Å². The molecule has 20 heavy (non-hydrogen) atoms. The van der Waals surface area contributed by atoms with Gasteiger partial charge in [0.15, 0.2) is 0 Å². The van der Waals surface area contributed by atoms with Crippen LogP contribution < -0.4 is 10.6 Å². The van der Waals surface area contributed by atoms with Crippen molar-refractivity contribution < 1.29 is 4.79 Å². The second-order valence-corrected chi connectivity index (χ2v) is 6.66. The Kier molecular flexibility index (Phi) is 6.49. The molecule has 3 nitrogen and oxygen atoms in total. The van der Waals surface area contributed by atoms with E-state index in [1.807, 2.05) is 38.1 Å². The highest BCUT2D eigenvalue weighted by Crippen LogP contribution is 2.23. The molecule has 1 heterocycles. The maximum atomic E-state index is 12.1. The van der Waals surface area contributed by atoms with Gasteiger partial charge in [0, 0.05) is 10.9 Å². The predicted molar refractivity (Wildman–Crippen MR) is 88.2 cm³/mol. The summed E-state index contributed by atoms with van der Waals surface area (Å²) in [6, 6.07) is 8.09. The SMILES string of the molecule is CC(C)(NC(=O)CC1CCNC1)c1ccc(Br)cc1.Cl. The second-order valence-electron chi connectivity index (χ2n) is 5.74. The van der Waals surface area contributed by atoms with E-state index >= 15 is 0 Å². The Labute approximate surface area is 135 Å². The first-order valence-electron chi connectivity index (χ1n) is 6.75. The predicted octanol–water partition coefficient (Wildman–Crippen LogP) is 3.22. The van der Waals surface area contributed by atoms with Crippen molar-refractivity contribution in [2.45, 2.75) is 32.2 Å². The van der Waals surface area contributed by atoms with E-state index in [1.165, 1.54) is 0 Å². The molecule has 112 valence electrons. The maximum Gasteiger partial charge on any atom is 0.220 e. The number of rotatable bonds is 4. The first-order valence-corrected chi connectivity index (χ1v) is 7.54. The first kappa shape index (κ1) is 17.5.